The molecule has 0 fully saturated rings. The molecule has 0 saturated carbocycles. The Balaban J connectivity index is 4.25. The molecular weight excluding hydrogens is 661 g/mol. The van der Waals surface area contributed by atoms with Crippen molar-refractivity contribution in [3.63, 3.8) is 0 Å². The molecule has 0 aliphatic carbocycles. The smallest absolute Gasteiger partial charge is 0.306 e. The van der Waals surface area contributed by atoms with E-state index < -0.39 is 6.10 Å². The molecule has 0 radical (unpaired) electrons. The maximum atomic E-state index is 12.7. The van der Waals surface area contributed by atoms with Crippen LogP contribution in [0.5, 0.6) is 0 Å². The molecule has 0 aliphatic heterocycles. The van der Waals surface area contributed by atoms with Gasteiger partial charge in [-0.05, 0) is 25.2 Å². The van der Waals surface area contributed by atoms with Crippen molar-refractivity contribution in [2.24, 2.45) is 5.92 Å². The summed E-state index contributed by atoms with van der Waals surface area (Å²) in [6, 6.07) is 0. The van der Waals surface area contributed by atoms with Crippen LogP contribution in [0.3, 0.4) is 0 Å². The standard InChI is InChI=1S/C47H90O6/c1-5-7-9-11-13-14-15-16-17-18-19-24-28-32-36-40-47(50)53-44(41-51-45(48)38-34-30-25-12-10-8-6-2)42-52-46(49)39-35-31-27-23-21-20-22-26-29-33-37-43(3)4/h43-44H,5-42H2,1-4H3/t44-/m0/s1. The van der Waals surface area contributed by atoms with Gasteiger partial charge in [0.1, 0.15) is 13.2 Å². The van der Waals surface area contributed by atoms with E-state index in [-0.39, 0.29) is 31.1 Å². The summed E-state index contributed by atoms with van der Waals surface area (Å²) >= 11 is 0. The average molecular weight is 751 g/mol. The van der Waals surface area contributed by atoms with E-state index in [4.69, 9.17) is 14.2 Å². The van der Waals surface area contributed by atoms with E-state index in [9.17, 15) is 14.4 Å². The zero-order chi connectivity index (χ0) is 38.9. The predicted molar refractivity (Wildman–Crippen MR) is 224 cm³/mol. The van der Waals surface area contributed by atoms with Crippen LogP contribution in [0.4, 0.5) is 0 Å². The molecule has 6 nitrogen and oxygen atoms in total. The number of rotatable bonds is 42. The summed E-state index contributed by atoms with van der Waals surface area (Å²) in [7, 11) is 0. The number of carbonyl (C=O) groups is 3. The molecule has 53 heavy (non-hydrogen) atoms. The van der Waals surface area contributed by atoms with Gasteiger partial charge in [-0.3, -0.25) is 14.4 Å². The van der Waals surface area contributed by atoms with Crippen molar-refractivity contribution >= 4 is 17.9 Å². The van der Waals surface area contributed by atoms with E-state index in [1.807, 2.05) is 0 Å². The normalized spacial score (nSPS) is 11.9. The predicted octanol–water partition coefficient (Wildman–Crippen LogP) is 14.7. The highest BCUT2D eigenvalue weighted by Gasteiger charge is 2.19. The van der Waals surface area contributed by atoms with E-state index in [0.29, 0.717) is 19.3 Å². The van der Waals surface area contributed by atoms with Crippen molar-refractivity contribution in [2.45, 2.75) is 265 Å². The van der Waals surface area contributed by atoms with Crippen molar-refractivity contribution in [3.05, 3.63) is 0 Å². The van der Waals surface area contributed by atoms with Crippen molar-refractivity contribution in [3.8, 4) is 0 Å². The Morgan fingerprint density at radius 2 is 0.623 bits per heavy atom. The highest BCUT2D eigenvalue weighted by atomic mass is 16.6. The Bertz CT molecular complexity index is 796. The third-order valence-corrected chi connectivity index (χ3v) is 10.5. The zero-order valence-corrected chi connectivity index (χ0v) is 36.0. The van der Waals surface area contributed by atoms with Gasteiger partial charge in [0, 0.05) is 19.3 Å². The molecule has 1 atom stereocenters. The summed E-state index contributed by atoms with van der Waals surface area (Å²) in [5.41, 5.74) is 0. The van der Waals surface area contributed by atoms with Gasteiger partial charge >= 0.3 is 17.9 Å². The van der Waals surface area contributed by atoms with Crippen molar-refractivity contribution in [2.75, 3.05) is 13.2 Å². The number of unbranched alkanes of at least 4 members (excludes halogenated alkanes) is 29. The van der Waals surface area contributed by atoms with Crippen LogP contribution in [-0.2, 0) is 28.6 Å². The summed E-state index contributed by atoms with van der Waals surface area (Å²) < 4.78 is 16.7. The monoisotopic (exact) mass is 751 g/mol. The first-order valence-electron chi connectivity index (χ1n) is 23.4. The van der Waals surface area contributed by atoms with Crippen LogP contribution in [0.25, 0.3) is 0 Å². The van der Waals surface area contributed by atoms with Gasteiger partial charge in [-0.2, -0.15) is 0 Å². The quantitative estimate of drug-likeness (QED) is 0.0351. The lowest BCUT2D eigenvalue weighted by Gasteiger charge is -2.18. The highest BCUT2D eigenvalue weighted by Crippen LogP contribution is 2.16. The van der Waals surface area contributed by atoms with Crippen LogP contribution in [0, 0.1) is 5.92 Å². The summed E-state index contributed by atoms with van der Waals surface area (Å²) in [6.45, 7) is 8.95. The van der Waals surface area contributed by atoms with Gasteiger partial charge in [0.25, 0.3) is 0 Å². The summed E-state index contributed by atoms with van der Waals surface area (Å²) in [5, 5.41) is 0. The molecule has 0 spiro atoms. The Kier molecular flexibility index (Phi) is 40.3. The lowest BCUT2D eigenvalue weighted by molar-refractivity contribution is -0.167. The van der Waals surface area contributed by atoms with Gasteiger partial charge in [-0.25, -0.2) is 0 Å². The summed E-state index contributed by atoms with van der Waals surface area (Å²) in [5.74, 6) is -0.0399. The molecule has 0 aromatic carbocycles. The van der Waals surface area contributed by atoms with Crippen LogP contribution in [-0.4, -0.2) is 37.2 Å². The zero-order valence-electron chi connectivity index (χ0n) is 36.0. The van der Waals surface area contributed by atoms with Crippen molar-refractivity contribution < 1.29 is 28.6 Å². The van der Waals surface area contributed by atoms with E-state index in [1.54, 1.807) is 0 Å². The number of hydrogen-bond donors (Lipinski definition) is 0. The molecule has 0 amide bonds. The highest BCUT2D eigenvalue weighted by molar-refractivity contribution is 5.71. The first kappa shape index (κ1) is 51.4. The number of carbonyl (C=O) groups excluding carboxylic acids is 3. The van der Waals surface area contributed by atoms with E-state index in [1.165, 1.54) is 154 Å². The molecule has 6 heteroatoms. The fraction of sp³-hybridized carbons (Fsp3) is 0.936. The Hall–Kier alpha value is -1.59. The second-order valence-corrected chi connectivity index (χ2v) is 16.5. The maximum absolute atomic E-state index is 12.7. The fourth-order valence-corrected chi connectivity index (χ4v) is 6.98. The second-order valence-electron chi connectivity index (χ2n) is 16.5. The van der Waals surface area contributed by atoms with E-state index in [0.717, 1.165) is 63.7 Å². The molecule has 314 valence electrons. The van der Waals surface area contributed by atoms with E-state index in [2.05, 4.69) is 27.7 Å². The topological polar surface area (TPSA) is 78.9 Å². The molecule has 0 unspecified atom stereocenters. The Labute approximate surface area is 329 Å². The van der Waals surface area contributed by atoms with Gasteiger partial charge in [-0.1, -0.05) is 220 Å². The molecule has 0 aliphatic rings. The molecule has 0 aromatic heterocycles. The third-order valence-electron chi connectivity index (χ3n) is 10.5. The van der Waals surface area contributed by atoms with Crippen LogP contribution in [0.2, 0.25) is 0 Å². The minimum atomic E-state index is -0.758. The largest absolute Gasteiger partial charge is 0.462 e. The Morgan fingerprint density at radius 1 is 0.358 bits per heavy atom. The molecule has 0 aromatic rings. The van der Waals surface area contributed by atoms with Crippen LogP contribution >= 0.6 is 0 Å². The molecule has 0 rings (SSSR count). The van der Waals surface area contributed by atoms with Crippen molar-refractivity contribution in [1.29, 1.82) is 0 Å². The lowest BCUT2D eigenvalue weighted by Crippen LogP contribution is -2.30. The van der Waals surface area contributed by atoms with Gasteiger partial charge in [0.2, 0.25) is 0 Å². The molecular formula is C47H90O6. The van der Waals surface area contributed by atoms with Crippen LogP contribution < -0.4 is 0 Å². The maximum Gasteiger partial charge on any atom is 0.306 e. The molecule has 0 heterocycles. The lowest BCUT2D eigenvalue weighted by atomic mass is 10.0. The molecule has 0 N–H and O–H groups in total. The van der Waals surface area contributed by atoms with Crippen molar-refractivity contribution in [1.82, 2.24) is 0 Å². The van der Waals surface area contributed by atoms with Gasteiger partial charge < -0.3 is 14.2 Å². The average Bonchev–Trinajstić information content (AvgIpc) is 3.14. The number of esters is 3. The summed E-state index contributed by atoms with van der Waals surface area (Å²) in [6.07, 6.45) is 41.0. The fourth-order valence-electron chi connectivity index (χ4n) is 6.98. The van der Waals surface area contributed by atoms with Crippen LogP contribution in [0.1, 0.15) is 259 Å². The summed E-state index contributed by atoms with van der Waals surface area (Å²) in [4.78, 5) is 37.6. The molecule has 0 bridgehead atoms. The van der Waals surface area contributed by atoms with Gasteiger partial charge in [0.15, 0.2) is 6.10 Å². The van der Waals surface area contributed by atoms with Crippen LogP contribution in [0.15, 0.2) is 0 Å². The first-order valence-corrected chi connectivity index (χ1v) is 23.4. The van der Waals surface area contributed by atoms with E-state index >= 15 is 0 Å². The SMILES string of the molecule is CCCCCCCCCCCCCCCCCC(=O)O[C@@H](COC(=O)CCCCCCCCC)COC(=O)CCCCCCCCCCCCC(C)C. The van der Waals surface area contributed by atoms with Gasteiger partial charge in [-0.15, -0.1) is 0 Å². The second kappa shape index (κ2) is 41.6. The Morgan fingerprint density at radius 3 is 0.925 bits per heavy atom. The minimum absolute atomic E-state index is 0.0642. The first-order chi connectivity index (χ1) is 25.9. The minimum Gasteiger partial charge on any atom is -0.462 e. The molecule has 0 saturated heterocycles. The number of ether oxygens (including phenoxy) is 3. The number of hydrogen-bond acceptors (Lipinski definition) is 6. The third kappa shape index (κ3) is 41.4. The van der Waals surface area contributed by atoms with Gasteiger partial charge in [0.05, 0.1) is 0 Å².